The number of hydrogen-bond acceptors (Lipinski definition) is 3. The van der Waals surface area contributed by atoms with Gasteiger partial charge in [0, 0.05) is 18.0 Å². The SMILES string of the molecule is Nc1ccc(Br)c(OCc2ccccn2)c1. The highest BCUT2D eigenvalue weighted by atomic mass is 79.9. The summed E-state index contributed by atoms with van der Waals surface area (Å²) < 4.78 is 6.50. The first-order valence-corrected chi connectivity index (χ1v) is 5.63. The van der Waals surface area contributed by atoms with Crippen molar-refractivity contribution >= 4 is 21.6 Å². The fourth-order valence-corrected chi connectivity index (χ4v) is 1.63. The van der Waals surface area contributed by atoms with Gasteiger partial charge in [0.05, 0.1) is 10.2 Å². The Morgan fingerprint density at radius 3 is 2.88 bits per heavy atom. The van der Waals surface area contributed by atoms with Crippen LogP contribution < -0.4 is 10.5 Å². The van der Waals surface area contributed by atoms with Crippen LogP contribution in [0.5, 0.6) is 5.75 Å². The molecule has 1 heterocycles. The molecule has 0 saturated heterocycles. The maximum Gasteiger partial charge on any atom is 0.136 e. The average molecular weight is 279 g/mol. The van der Waals surface area contributed by atoms with Gasteiger partial charge in [-0.2, -0.15) is 0 Å². The summed E-state index contributed by atoms with van der Waals surface area (Å²) in [7, 11) is 0. The Morgan fingerprint density at radius 1 is 1.25 bits per heavy atom. The van der Waals surface area contributed by atoms with E-state index in [-0.39, 0.29) is 0 Å². The van der Waals surface area contributed by atoms with Crippen LogP contribution in [0.1, 0.15) is 5.69 Å². The maximum atomic E-state index is 5.68. The topological polar surface area (TPSA) is 48.1 Å². The first kappa shape index (κ1) is 11.0. The summed E-state index contributed by atoms with van der Waals surface area (Å²) in [6, 6.07) is 11.2. The molecule has 0 aliphatic carbocycles. The molecule has 16 heavy (non-hydrogen) atoms. The second-order valence-electron chi connectivity index (χ2n) is 3.30. The molecular weight excluding hydrogens is 268 g/mol. The highest BCUT2D eigenvalue weighted by molar-refractivity contribution is 9.10. The number of nitrogen functional groups attached to an aromatic ring is 1. The average Bonchev–Trinajstić information content (AvgIpc) is 2.32. The van der Waals surface area contributed by atoms with E-state index in [1.165, 1.54) is 0 Å². The zero-order chi connectivity index (χ0) is 11.4. The maximum absolute atomic E-state index is 5.68. The highest BCUT2D eigenvalue weighted by Gasteiger charge is 2.02. The van der Waals surface area contributed by atoms with Gasteiger partial charge in [-0.3, -0.25) is 4.98 Å². The molecule has 0 saturated carbocycles. The number of anilines is 1. The molecule has 4 heteroatoms. The van der Waals surface area contributed by atoms with Gasteiger partial charge in [0.15, 0.2) is 0 Å². The van der Waals surface area contributed by atoms with Gasteiger partial charge in [0.1, 0.15) is 12.4 Å². The molecule has 0 bridgehead atoms. The van der Waals surface area contributed by atoms with Crippen LogP contribution in [-0.4, -0.2) is 4.98 Å². The Bertz CT molecular complexity index is 474. The van der Waals surface area contributed by atoms with E-state index in [0.29, 0.717) is 12.3 Å². The Morgan fingerprint density at radius 2 is 2.12 bits per heavy atom. The van der Waals surface area contributed by atoms with Gasteiger partial charge in [-0.1, -0.05) is 6.07 Å². The van der Waals surface area contributed by atoms with Crippen LogP contribution in [0.25, 0.3) is 0 Å². The minimum absolute atomic E-state index is 0.433. The lowest BCUT2D eigenvalue weighted by atomic mass is 10.3. The van der Waals surface area contributed by atoms with Gasteiger partial charge in [-0.25, -0.2) is 0 Å². The summed E-state index contributed by atoms with van der Waals surface area (Å²) in [6.07, 6.45) is 1.74. The van der Waals surface area contributed by atoms with E-state index >= 15 is 0 Å². The number of halogens is 1. The van der Waals surface area contributed by atoms with Crippen molar-refractivity contribution in [1.29, 1.82) is 0 Å². The number of nitrogens with two attached hydrogens (primary N) is 1. The Labute approximate surface area is 102 Å². The Hall–Kier alpha value is -1.55. The normalized spacial score (nSPS) is 10.1. The van der Waals surface area contributed by atoms with Gasteiger partial charge < -0.3 is 10.5 Å². The van der Waals surface area contributed by atoms with Gasteiger partial charge in [-0.05, 0) is 40.2 Å². The number of benzene rings is 1. The molecule has 2 N–H and O–H groups in total. The molecule has 0 radical (unpaired) electrons. The first-order chi connectivity index (χ1) is 7.75. The quantitative estimate of drug-likeness (QED) is 0.878. The molecule has 0 amide bonds. The molecule has 0 fully saturated rings. The number of nitrogens with zero attached hydrogens (tertiary/aromatic N) is 1. The van der Waals surface area contributed by atoms with Crippen LogP contribution in [-0.2, 0) is 6.61 Å². The monoisotopic (exact) mass is 278 g/mol. The number of hydrogen-bond donors (Lipinski definition) is 1. The third-order valence-corrected chi connectivity index (χ3v) is 2.71. The smallest absolute Gasteiger partial charge is 0.136 e. The molecule has 3 nitrogen and oxygen atoms in total. The van der Waals surface area contributed by atoms with E-state index in [1.54, 1.807) is 12.3 Å². The first-order valence-electron chi connectivity index (χ1n) is 4.83. The summed E-state index contributed by atoms with van der Waals surface area (Å²) in [6.45, 7) is 0.433. The zero-order valence-electron chi connectivity index (χ0n) is 8.56. The number of aromatic nitrogens is 1. The second-order valence-corrected chi connectivity index (χ2v) is 4.15. The van der Waals surface area contributed by atoms with E-state index in [1.807, 2.05) is 30.3 Å². The van der Waals surface area contributed by atoms with Crippen molar-refractivity contribution in [1.82, 2.24) is 4.98 Å². The summed E-state index contributed by atoms with van der Waals surface area (Å²) in [5, 5.41) is 0. The van der Waals surface area contributed by atoms with Crippen molar-refractivity contribution in [2.45, 2.75) is 6.61 Å². The number of pyridine rings is 1. The van der Waals surface area contributed by atoms with Crippen LogP contribution >= 0.6 is 15.9 Å². The number of rotatable bonds is 3. The van der Waals surface area contributed by atoms with Crippen LogP contribution in [0.4, 0.5) is 5.69 Å². The largest absolute Gasteiger partial charge is 0.486 e. The van der Waals surface area contributed by atoms with Crippen LogP contribution in [0.3, 0.4) is 0 Å². The molecule has 0 unspecified atom stereocenters. The number of ether oxygens (including phenoxy) is 1. The standard InChI is InChI=1S/C12H11BrN2O/c13-11-5-4-9(14)7-12(11)16-8-10-3-1-2-6-15-10/h1-7H,8,14H2. The van der Waals surface area contributed by atoms with E-state index in [2.05, 4.69) is 20.9 Å². The van der Waals surface area contributed by atoms with Crippen LogP contribution in [0.15, 0.2) is 47.1 Å². The van der Waals surface area contributed by atoms with Crippen molar-refractivity contribution < 1.29 is 4.74 Å². The Kier molecular flexibility index (Phi) is 3.41. The predicted octanol–water partition coefficient (Wildman–Crippen LogP) is 3.01. The minimum Gasteiger partial charge on any atom is -0.486 e. The molecule has 0 spiro atoms. The van der Waals surface area contributed by atoms with Crippen LogP contribution in [0, 0.1) is 0 Å². The summed E-state index contributed by atoms with van der Waals surface area (Å²) in [5.41, 5.74) is 7.25. The molecule has 0 atom stereocenters. The zero-order valence-corrected chi connectivity index (χ0v) is 10.1. The summed E-state index contributed by atoms with van der Waals surface area (Å²) in [4.78, 5) is 4.17. The van der Waals surface area contributed by atoms with E-state index in [4.69, 9.17) is 10.5 Å². The van der Waals surface area contributed by atoms with Crippen LogP contribution in [0.2, 0.25) is 0 Å². The third-order valence-electron chi connectivity index (χ3n) is 2.06. The lowest BCUT2D eigenvalue weighted by molar-refractivity contribution is 0.299. The lowest BCUT2D eigenvalue weighted by Gasteiger charge is -2.08. The summed E-state index contributed by atoms with van der Waals surface area (Å²) >= 11 is 3.40. The molecule has 0 aliphatic heterocycles. The fourth-order valence-electron chi connectivity index (χ4n) is 1.27. The molecule has 0 aliphatic rings. The van der Waals surface area contributed by atoms with Gasteiger partial charge in [0.2, 0.25) is 0 Å². The van der Waals surface area contributed by atoms with Crippen molar-refractivity contribution in [2.24, 2.45) is 0 Å². The van der Waals surface area contributed by atoms with Gasteiger partial charge in [0.25, 0.3) is 0 Å². The fraction of sp³-hybridized carbons (Fsp3) is 0.0833. The van der Waals surface area contributed by atoms with Crippen molar-refractivity contribution in [2.75, 3.05) is 5.73 Å². The Balaban J connectivity index is 2.08. The van der Waals surface area contributed by atoms with Gasteiger partial charge >= 0.3 is 0 Å². The van der Waals surface area contributed by atoms with Crippen molar-refractivity contribution in [3.05, 3.63) is 52.8 Å². The molecule has 2 rings (SSSR count). The molecule has 82 valence electrons. The molecule has 1 aromatic heterocycles. The van der Waals surface area contributed by atoms with Crippen molar-refractivity contribution in [3.63, 3.8) is 0 Å². The van der Waals surface area contributed by atoms with Gasteiger partial charge in [-0.15, -0.1) is 0 Å². The van der Waals surface area contributed by atoms with E-state index in [0.717, 1.165) is 15.9 Å². The molecular formula is C12H11BrN2O. The van der Waals surface area contributed by atoms with E-state index in [9.17, 15) is 0 Å². The van der Waals surface area contributed by atoms with E-state index < -0.39 is 0 Å². The molecule has 1 aromatic carbocycles. The minimum atomic E-state index is 0.433. The molecule has 2 aromatic rings. The third kappa shape index (κ3) is 2.73. The highest BCUT2D eigenvalue weighted by Crippen LogP contribution is 2.27. The lowest BCUT2D eigenvalue weighted by Crippen LogP contribution is -1.98. The summed E-state index contributed by atoms with van der Waals surface area (Å²) in [5.74, 6) is 0.727. The second kappa shape index (κ2) is 4.99. The predicted molar refractivity (Wildman–Crippen MR) is 67.1 cm³/mol. The van der Waals surface area contributed by atoms with Crippen molar-refractivity contribution in [3.8, 4) is 5.75 Å².